The van der Waals surface area contributed by atoms with E-state index in [2.05, 4.69) is 34.6 Å². The van der Waals surface area contributed by atoms with Gasteiger partial charge in [0, 0.05) is 0 Å². The zero-order valence-corrected chi connectivity index (χ0v) is 12.5. The predicted molar refractivity (Wildman–Crippen MR) is 53.4 cm³/mol. The minimum Gasteiger partial charge on any atom is -0.346 e. The predicted octanol–water partition coefficient (Wildman–Crippen LogP) is 3.36. The number of hydrogen-bond acceptors (Lipinski definition) is 0. The Bertz CT molecular complexity index is 14.0. The molecule has 0 heterocycles. The van der Waals surface area contributed by atoms with Gasteiger partial charge in [0.15, 0.2) is 0 Å². The van der Waals surface area contributed by atoms with Crippen molar-refractivity contribution in [1.82, 2.24) is 0 Å². The summed E-state index contributed by atoms with van der Waals surface area (Å²) in [6, 6.07) is 0. The van der Waals surface area contributed by atoms with Crippen molar-refractivity contribution in [2.45, 2.75) is 34.6 Å². The maximum atomic E-state index is 3.25. The molecule has 0 fully saturated rings. The van der Waals surface area contributed by atoms with Gasteiger partial charge in [0.2, 0.25) is 0 Å². The van der Waals surface area contributed by atoms with E-state index in [0.717, 1.165) is 0 Å². The van der Waals surface area contributed by atoms with Crippen LogP contribution in [0, 0.1) is 19.8 Å². The van der Waals surface area contributed by atoms with Crippen LogP contribution in [0.1, 0.15) is 34.6 Å². The average molecular weight is 238 g/mol. The molecule has 0 radical (unpaired) electrons. The van der Waals surface area contributed by atoms with Crippen molar-refractivity contribution in [2.75, 3.05) is 0 Å². The molecule has 0 aromatic heterocycles. The molecule has 0 aliphatic rings. The second-order valence-corrected chi connectivity index (χ2v) is 1.50. The monoisotopic (exact) mass is 238 g/mol. The molecule has 0 N–H and O–H groups in total. The van der Waals surface area contributed by atoms with E-state index < -0.39 is 0 Å². The molecule has 0 saturated carbocycles. The Hall–Kier alpha value is 1.53. The largest absolute Gasteiger partial charge is 3.00 e. The summed E-state index contributed by atoms with van der Waals surface area (Å²) < 4.78 is 0. The van der Waals surface area contributed by atoms with Crippen LogP contribution in [-0.2, 0) is 32.7 Å². The fourth-order valence-corrected chi connectivity index (χ4v) is 0. The van der Waals surface area contributed by atoms with Crippen LogP contribution in [0.2, 0.25) is 0 Å². The van der Waals surface area contributed by atoms with Crippen molar-refractivity contribution in [3.8, 4) is 0 Å². The zero-order chi connectivity index (χ0) is 7.58. The molecule has 0 bridgehead atoms. The van der Waals surface area contributed by atoms with E-state index in [9.17, 15) is 0 Å². The zero-order valence-electron chi connectivity index (χ0n) is 8.20. The first-order valence-corrected chi connectivity index (χ1v) is 2.91. The van der Waals surface area contributed by atoms with Crippen LogP contribution in [0.5, 0.6) is 0 Å². The summed E-state index contributed by atoms with van der Waals surface area (Å²) in [6.45, 7) is 16.2. The summed E-state index contributed by atoms with van der Waals surface area (Å²) >= 11 is 0. The van der Waals surface area contributed by atoms with E-state index in [4.69, 9.17) is 0 Å². The first-order chi connectivity index (χ1) is 3.73. The van der Waals surface area contributed by atoms with Gasteiger partial charge in [0.25, 0.3) is 0 Å². The van der Waals surface area contributed by atoms with Gasteiger partial charge in [-0.3, -0.25) is 0 Å². The molecule has 0 rings (SSSR count). The van der Waals surface area contributed by atoms with Gasteiger partial charge in [-0.05, 0) is 0 Å². The molecule has 0 saturated heterocycles. The van der Waals surface area contributed by atoms with Crippen LogP contribution in [0.15, 0.2) is 0 Å². The van der Waals surface area contributed by atoms with E-state index in [-0.39, 0.29) is 42.6 Å². The molecule has 1 atom stereocenters. The number of hydrogen-bond donors (Lipinski definition) is 0. The molecule has 0 nitrogen and oxygen atoms in total. The van der Waals surface area contributed by atoms with Crippen LogP contribution in [0.4, 0.5) is 0 Å². The molecule has 2 heteroatoms. The molecule has 0 amide bonds. The third kappa shape index (κ3) is 295. The summed E-state index contributed by atoms with van der Waals surface area (Å²) in [4.78, 5) is 0. The summed E-state index contributed by atoms with van der Waals surface area (Å²) in [5.74, 6) is 1.42. The molecule has 10 heavy (non-hydrogen) atoms. The van der Waals surface area contributed by atoms with Gasteiger partial charge in [0.05, 0.1) is 0 Å². The second-order valence-electron chi connectivity index (χ2n) is 1.50. The molecule has 0 aliphatic heterocycles. The van der Waals surface area contributed by atoms with E-state index in [1.165, 1.54) is 5.92 Å². The van der Waals surface area contributed by atoms with E-state index in [1.807, 2.05) is 0 Å². The third-order valence-electron chi connectivity index (χ3n) is 0. The molecule has 0 aromatic carbocycles. The van der Waals surface area contributed by atoms with Crippen molar-refractivity contribution < 1.29 is 32.7 Å². The van der Waals surface area contributed by atoms with Crippen molar-refractivity contribution >= 4 is 9.90 Å². The Morgan fingerprint density at radius 2 is 0.800 bits per heavy atom. The van der Waals surface area contributed by atoms with Crippen LogP contribution in [-0.4, -0.2) is 0 Å². The van der Waals surface area contributed by atoms with Crippen molar-refractivity contribution in [2.24, 2.45) is 0 Å². The molecular formula is C8H22PY. The molecule has 0 aromatic rings. The quantitative estimate of drug-likeness (QED) is 0.448. The summed E-state index contributed by atoms with van der Waals surface area (Å²) in [5, 5.41) is 0. The first-order valence-electron chi connectivity index (χ1n) is 2.91. The van der Waals surface area contributed by atoms with E-state index in [1.54, 1.807) is 13.8 Å². The van der Waals surface area contributed by atoms with E-state index in [0.29, 0.717) is 0 Å². The normalized spacial score (nSPS) is 4.80. The van der Waals surface area contributed by atoms with Crippen LogP contribution in [0.3, 0.4) is 0 Å². The molecule has 62 valence electrons. The van der Waals surface area contributed by atoms with Gasteiger partial charge in [-0.25, -0.2) is 0 Å². The fraction of sp³-hybridized carbons (Fsp3) is 0.625. The third-order valence-corrected chi connectivity index (χ3v) is 0. The van der Waals surface area contributed by atoms with Gasteiger partial charge in [-0.2, -0.15) is 44.5 Å². The second kappa shape index (κ2) is 46.6. The first kappa shape index (κ1) is 30.0. The Balaban J connectivity index is -0.0000000125. The standard InChI is InChI=1S/C4H9.2C2H5.H3P.Y/c1-4(2)3;2*1-2;;/h1-3H3;2*1H2,2H3;1H3;/q3*-1;;+3. The summed E-state index contributed by atoms with van der Waals surface area (Å²) in [5.41, 5.74) is 0. The molecule has 0 spiro atoms. The SMILES string of the molecule is C[C-](C)C.P.[CH2-]C.[CH2-]C.[Y+3]. The van der Waals surface area contributed by atoms with Crippen LogP contribution in [0.25, 0.3) is 0 Å². The average Bonchev–Trinajstić information content (AvgIpc) is 1.75. The summed E-state index contributed by atoms with van der Waals surface area (Å²) in [7, 11) is 0. The van der Waals surface area contributed by atoms with Gasteiger partial charge in [-0.15, -0.1) is 0 Å². The smallest absolute Gasteiger partial charge is 0.346 e. The Morgan fingerprint density at radius 1 is 0.800 bits per heavy atom. The van der Waals surface area contributed by atoms with Crippen LogP contribution >= 0.6 is 9.90 Å². The molecule has 1 unspecified atom stereocenters. The van der Waals surface area contributed by atoms with Crippen molar-refractivity contribution in [1.29, 1.82) is 0 Å². The van der Waals surface area contributed by atoms with E-state index >= 15 is 0 Å². The maximum Gasteiger partial charge on any atom is 3.00 e. The molecular weight excluding hydrogens is 216 g/mol. The van der Waals surface area contributed by atoms with Gasteiger partial charge in [-0.1, -0.05) is 0 Å². The van der Waals surface area contributed by atoms with Gasteiger partial charge >= 0.3 is 32.7 Å². The Morgan fingerprint density at radius 3 is 0.800 bits per heavy atom. The maximum absolute atomic E-state index is 3.25. The minimum absolute atomic E-state index is 0. The minimum atomic E-state index is 0. The topological polar surface area (TPSA) is 0 Å². The van der Waals surface area contributed by atoms with Gasteiger partial charge in [0.1, 0.15) is 0 Å². The molecule has 0 aliphatic carbocycles. The van der Waals surface area contributed by atoms with Crippen LogP contribution < -0.4 is 0 Å². The van der Waals surface area contributed by atoms with Crippen molar-refractivity contribution in [3.05, 3.63) is 19.8 Å². The summed E-state index contributed by atoms with van der Waals surface area (Å²) in [6.07, 6.45) is 0. The Labute approximate surface area is 96.4 Å². The van der Waals surface area contributed by atoms with Gasteiger partial charge < -0.3 is 19.8 Å². The van der Waals surface area contributed by atoms with Crippen molar-refractivity contribution in [3.63, 3.8) is 0 Å². The Kier molecular flexibility index (Phi) is 140. The number of rotatable bonds is 0. The fourth-order valence-electron chi connectivity index (χ4n) is 0.